The number of nitrogens with zero attached hydrogens (tertiary/aromatic N) is 2. The van der Waals surface area contributed by atoms with Crippen LogP contribution in [0.5, 0.6) is 0 Å². The fraction of sp³-hybridized carbons (Fsp3) is 0.235. The van der Waals surface area contributed by atoms with Crippen LogP contribution in [0.4, 0.5) is 15.9 Å². The summed E-state index contributed by atoms with van der Waals surface area (Å²) >= 11 is 0. The number of benzene rings is 1. The van der Waals surface area contributed by atoms with Crippen molar-refractivity contribution in [3.8, 4) is 0 Å². The third-order valence-electron chi connectivity index (χ3n) is 3.43. The maximum absolute atomic E-state index is 13.1. The fourth-order valence-corrected chi connectivity index (χ4v) is 2.43. The van der Waals surface area contributed by atoms with Crippen LogP contribution in [0.15, 0.2) is 28.7 Å². The number of hydrogen-bond donors (Lipinski definition) is 1. The summed E-state index contributed by atoms with van der Waals surface area (Å²) in [7, 11) is 0. The van der Waals surface area contributed by atoms with Crippen LogP contribution in [0.3, 0.4) is 0 Å². The smallest absolute Gasteiger partial charge is 0.342 e. The van der Waals surface area contributed by atoms with E-state index in [4.69, 9.17) is 9.15 Å². The van der Waals surface area contributed by atoms with Crippen molar-refractivity contribution in [1.82, 2.24) is 9.97 Å². The molecule has 0 aliphatic heterocycles. The van der Waals surface area contributed by atoms with Gasteiger partial charge in [-0.05, 0) is 45.0 Å². The average Bonchev–Trinajstić information content (AvgIpc) is 2.85. The van der Waals surface area contributed by atoms with E-state index in [0.717, 1.165) is 0 Å². The van der Waals surface area contributed by atoms with E-state index in [1.54, 1.807) is 32.9 Å². The molecule has 0 fully saturated rings. The predicted molar refractivity (Wildman–Crippen MR) is 86.9 cm³/mol. The molecule has 0 aliphatic rings. The molecule has 2 aromatic heterocycles. The third kappa shape index (κ3) is 2.92. The second-order valence-electron chi connectivity index (χ2n) is 5.19. The topological polar surface area (TPSA) is 77.2 Å². The Kier molecular flexibility index (Phi) is 4.16. The van der Waals surface area contributed by atoms with Crippen molar-refractivity contribution in [1.29, 1.82) is 0 Å². The van der Waals surface area contributed by atoms with Gasteiger partial charge in [-0.1, -0.05) is 0 Å². The lowest BCUT2D eigenvalue weighted by Crippen LogP contribution is -2.07. The number of esters is 1. The Morgan fingerprint density at radius 2 is 1.96 bits per heavy atom. The molecule has 6 nitrogen and oxygen atoms in total. The van der Waals surface area contributed by atoms with Gasteiger partial charge in [-0.2, -0.15) is 4.98 Å². The van der Waals surface area contributed by atoms with E-state index in [1.165, 1.54) is 12.1 Å². The van der Waals surface area contributed by atoms with Gasteiger partial charge in [0, 0.05) is 5.69 Å². The van der Waals surface area contributed by atoms with Crippen LogP contribution >= 0.6 is 0 Å². The first-order valence-corrected chi connectivity index (χ1v) is 7.47. The summed E-state index contributed by atoms with van der Waals surface area (Å²) in [6.07, 6.45) is 0. The number of rotatable bonds is 4. The van der Waals surface area contributed by atoms with Gasteiger partial charge in [0.1, 0.15) is 28.8 Å². The number of carbonyl (C=O) groups excluding carboxylic acids is 1. The molecule has 1 aromatic carbocycles. The highest BCUT2D eigenvalue weighted by atomic mass is 19.1. The number of aryl methyl sites for hydroxylation is 2. The Bertz CT molecular complexity index is 904. The minimum atomic E-state index is -0.497. The van der Waals surface area contributed by atoms with Gasteiger partial charge < -0.3 is 14.5 Å². The van der Waals surface area contributed by atoms with Gasteiger partial charge in [-0.3, -0.25) is 0 Å². The van der Waals surface area contributed by atoms with Gasteiger partial charge in [-0.25, -0.2) is 14.2 Å². The van der Waals surface area contributed by atoms with Crippen LogP contribution in [0.2, 0.25) is 0 Å². The second-order valence-corrected chi connectivity index (χ2v) is 5.19. The summed E-state index contributed by atoms with van der Waals surface area (Å²) in [5.41, 5.74) is 1.22. The van der Waals surface area contributed by atoms with Gasteiger partial charge in [0.15, 0.2) is 0 Å². The first-order chi connectivity index (χ1) is 11.5. The van der Waals surface area contributed by atoms with E-state index < -0.39 is 5.97 Å². The van der Waals surface area contributed by atoms with E-state index in [-0.39, 0.29) is 18.0 Å². The van der Waals surface area contributed by atoms with E-state index in [0.29, 0.717) is 34.2 Å². The number of aromatic nitrogens is 2. The van der Waals surface area contributed by atoms with Gasteiger partial charge >= 0.3 is 5.97 Å². The maximum atomic E-state index is 13.1. The highest BCUT2D eigenvalue weighted by Crippen LogP contribution is 2.32. The van der Waals surface area contributed by atoms with E-state index in [9.17, 15) is 9.18 Å². The number of furan rings is 1. The molecule has 3 rings (SSSR count). The van der Waals surface area contributed by atoms with Crippen molar-refractivity contribution < 1.29 is 18.3 Å². The monoisotopic (exact) mass is 329 g/mol. The SMILES string of the molecule is CCOC(=O)c1c(C)oc2nc(C)nc(Nc3ccc(F)cc3)c12. The molecule has 0 atom stereocenters. The standard InChI is InChI=1S/C17H16FN3O3/c1-4-23-17(22)13-9(2)24-16-14(13)15(19-10(3)20-16)21-12-7-5-11(18)6-8-12/h5-8H,4H2,1-3H3,(H,19,20,21). The predicted octanol–water partition coefficient (Wildman–Crippen LogP) is 3.90. The van der Waals surface area contributed by atoms with E-state index in [2.05, 4.69) is 15.3 Å². The number of hydrogen-bond acceptors (Lipinski definition) is 6. The summed E-state index contributed by atoms with van der Waals surface area (Å²) in [6.45, 7) is 5.37. The lowest BCUT2D eigenvalue weighted by atomic mass is 10.1. The zero-order valence-corrected chi connectivity index (χ0v) is 13.5. The number of fused-ring (bicyclic) bond motifs is 1. The zero-order chi connectivity index (χ0) is 17.3. The summed E-state index contributed by atoms with van der Waals surface area (Å²) < 4.78 is 23.8. The molecule has 7 heteroatoms. The maximum Gasteiger partial charge on any atom is 0.342 e. The lowest BCUT2D eigenvalue weighted by molar-refractivity contribution is 0.0526. The molecule has 3 aromatic rings. The van der Waals surface area contributed by atoms with Gasteiger partial charge in [0.25, 0.3) is 0 Å². The molecule has 0 bridgehead atoms. The molecule has 0 radical (unpaired) electrons. The third-order valence-corrected chi connectivity index (χ3v) is 3.43. The molecule has 24 heavy (non-hydrogen) atoms. The summed E-state index contributed by atoms with van der Waals surface area (Å²) in [4.78, 5) is 20.8. The van der Waals surface area contributed by atoms with Gasteiger partial charge in [0.05, 0.1) is 12.0 Å². The molecule has 0 aliphatic carbocycles. The molecular formula is C17H16FN3O3. The van der Waals surface area contributed by atoms with Gasteiger partial charge in [-0.15, -0.1) is 0 Å². The molecule has 1 N–H and O–H groups in total. The molecular weight excluding hydrogens is 313 g/mol. The van der Waals surface area contributed by atoms with Crippen LogP contribution in [0, 0.1) is 19.7 Å². The number of carbonyl (C=O) groups is 1. The largest absolute Gasteiger partial charge is 0.462 e. The van der Waals surface area contributed by atoms with Crippen molar-refractivity contribution in [3.63, 3.8) is 0 Å². The van der Waals surface area contributed by atoms with Crippen molar-refractivity contribution in [3.05, 3.63) is 47.2 Å². The summed E-state index contributed by atoms with van der Waals surface area (Å²) in [5.74, 6) is 0.463. The van der Waals surface area contributed by atoms with Crippen molar-refractivity contribution >= 4 is 28.6 Å². The molecule has 2 heterocycles. The number of nitrogens with one attached hydrogen (secondary N) is 1. The highest BCUT2D eigenvalue weighted by Gasteiger charge is 2.24. The Morgan fingerprint density at radius 1 is 1.25 bits per heavy atom. The average molecular weight is 329 g/mol. The number of anilines is 2. The zero-order valence-electron chi connectivity index (χ0n) is 13.5. The molecule has 0 amide bonds. The first kappa shape index (κ1) is 15.9. The summed E-state index contributed by atoms with van der Waals surface area (Å²) in [6, 6.07) is 5.83. The Balaban J connectivity index is 2.15. The second kappa shape index (κ2) is 6.27. The van der Waals surface area contributed by atoms with Crippen LogP contribution in [-0.2, 0) is 4.74 Å². The van der Waals surface area contributed by atoms with Crippen LogP contribution in [-0.4, -0.2) is 22.5 Å². The van der Waals surface area contributed by atoms with Crippen LogP contribution in [0.25, 0.3) is 11.1 Å². The fourth-order valence-electron chi connectivity index (χ4n) is 2.43. The number of ether oxygens (including phenoxy) is 1. The Hall–Kier alpha value is -2.96. The molecule has 0 spiro atoms. The molecule has 124 valence electrons. The lowest BCUT2D eigenvalue weighted by Gasteiger charge is -2.08. The van der Waals surface area contributed by atoms with Crippen molar-refractivity contribution in [2.75, 3.05) is 11.9 Å². The highest BCUT2D eigenvalue weighted by molar-refractivity contribution is 6.08. The van der Waals surface area contributed by atoms with E-state index in [1.807, 2.05) is 0 Å². The first-order valence-electron chi connectivity index (χ1n) is 7.47. The minimum Gasteiger partial charge on any atom is -0.462 e. The Labute approximate surface area is 137 Å². The van der Waals surface area contributed by atoms with E-state index >= 15 is 0 Å². The van der Waals surface area contributed by atoms with Crippen LogP contribution in [0.1, 0.15) is 28.9 Å². The summed E-state index contributed by atoms with van der Waals surface area (Å²) in [5, 5.41) is 3.53. The Morgan fingerprint density at radius 3 is 2.62 bits per heavy atom. The molecule has 0 unspecified atom stereocenters. The van der Waals surface area contributed by atoms with Crippen molar-refractivity contribution in [2.24, 2.45) is 0 Å². The van der Waals surface area contributed by atoms with Gasteiger partial charge in [0.2, 0.25) is 5.71 Å². The minimum absolute atomic E-state index is 0.248. The van der Waals surface area contributed by atoms with Crippen LogP contribution < -0.4 is 5.32 Å². The van der Waals surface area contributed by atoms with Crippen molar-refractivity contribution in [2.45, 2.75) is 20.8 Å². The normalized spacial score (nSPS) is 10.8. The quantitative estimate of drug-likeness (QED) is 0.732. The molecule has 0 saturated heterocycles. The number of halogens is 1. The molecule has 0 saturated carbocycles.